The highest BCUT2D eigenvalue weighted by molar-refractivity contribution is 7.46. The van der Waals surface area contributed by atoms with Crippen LogP contribution >= 0.6 is 7.82 Å². The number of aliphatic hydroxyl groups excluding tert-OH is 1. The van der Waals surface area contributed by atoms with Gasteiger partial charge in [-0.05, 0) is 6.92 Å². The smallest absolute Gasteiger partial charge is 0.387 e. The molecule has 5 N–H and O–H groups in total. The minimum atomic E-state index is -5.32. The Morgan fingerprint density at radius 2 is 2.27 bits per heavy atom. The Labute approximate surface area is 127 Å². The second kappa shape index (κ2) is 5.70. The molecule has 1 aromatic heterocycles. The molecule has 1 aromatic rings. The summed E-state index contributed by atoms with van der Waals surface area (Å²) in [5.41, 5.74) is -4.46. The summed E-state index contributed by atoms with van der Waals surface area (Å²) in [7, 11) is -5.32. The minimum Gasteiger partial charge on any atom is -0.387 e. The summed E-state index contributed by atoms with van der Waals surface area (Å²) >= 11 is 0. The van der Waals surface area contributed by atoms with Crippen LogP contribution in [0, 0.1) is 0 Å². The molecule has 0 bridgehead atoms. The van der Waals surface area contributed by atoms with Gasteiger partial charge < -0.3 is 24.7 Å². The van der Waals surface area contributed by atoms with Gasteiger partial charge in [-0.25, -0.2) is 9.36 Å². The van der Waals surface area contributed by atoms with Gasteiger partial charge >= 0.3 is 13.5 Å². The van der Waals surface area contributed by atoms with E-state index in [-0.39, 0.29) is 0 Å². The number of hydrogen-bond acceptors (Lipinski definition) is 7. The number of nitrogens with zero attached hydrogens (tertiary/aromatic N) is 1. The zero-order valence-electron chi connectivity index (χ0n) is 14.0. The first-order valence-electron chi connectivity index (χ1n) is 7.31. The number of aliphatic hydroxyl groups is 2. The normalized spacial score (nSPS) is 35.0. The number of H-pyrrole nitrogens is 1. The van der Waals surface area contributed by atoms with E-state index in [9.17, 15) is 24.4 Å². The summed E-state index contributed by atoms with van der Waals surface area (Å²) in [5.74, 6) is 0. The summed E-state index contributed by atoms with van der Waals surface area (Å²) in [6.07, 6.45) is -5.26. The van der Waals surface area contributed by atoms with Crippen molar-refractivity contribution in [3.63, 3.8) is 0 Å². The Bertz CT molecular complexity index is 832. The number of nitrogens with one attached hydrogen (secondary N) is 1. The van der Waals surface area contributed by atoms with E-state index in [4.69, 9.17) is 18.6 Å². The molecule has 0 aromatic carbocycles. The number of hydrogen-bond donors (Lipinski definition) is 5. The monoisotopic (exact) mass is 341 g/mol. The summed E-state index contributed by atoms with van der Waals surface area (Å²) in [6.45, 7) is -2.27. The lowest BCUT2D eigenvalue weighted by molar-refractivity contribution is -0.0986. The molecule has 1 fully saturated rings. The number of ether oxygens (including phenoxy) is 1. The van der Waals surface area contributed by atoms with E-state index >= 15 is 0 Å². The Morgan fingerprint density at radius 1 is 1.64 bits per heavy atom. The van der Waals surface area contributed by atoms with Crippen LogP contribution in [-0.2, 0) is 13.8 Å². The third-order valence-electron chi connectivity index (χ3n) is 2.99. The van der Waals surface area contributed by atoms with Gasteiger partial charge in [0.05, 0.1) is 10.7 Å². The maximum Gasteiger partial charge on any atom is 0.469 e. The second-order valence-corrected chi connectivity index (χ2v) is 5.88. The lowest BCUT2D eigenvalue weighted by Gasteiger charge is -2.27. The fourth-order valence-corrected chi connectivity index (χ4v) is 2.16. The average molecular weight is 341 g/mol. The average Bonchev–Trinajstić information content (AvgIpc) is 2.63. The van der Waals surface area contributed by atoms with Crippen LogP contribution in [-0.4, -0.2) is 53.9 Å². The maximum absolute atomic E-state index is 11.9. The van der Waals surface area contributed by atoms with Crippen LogP contribution in [0.1, 0.15) is 17.3 Å². The SMILES string of the molecule is [2H]c1cn(C2OC(C([2H])([2H])OP(=O)(O)O)[C@@H](O)[C@@]2(C)O)c(=O)[nH]c1=O. The summed E-state index contributed by atoms with van der Waals surface area (Å²) in [6, 6.07) is -0.675. The van der Waals surface area contributed by atoms with Crippen LogP contribution in [0.15, 0.2) is 21.8 Å². The number of aromatic nitrogens is 2. The molecule has 1 aliphatic rings. The van der Waals surface area contributed by atoms with E-state index in [1.807, 2.05) is 0 Å². The van der Waals surface area contributed by atoms with Crippen molar-refractivity contribution >= 4 is 7.82 Å². The van der Waals surface area contributed by atoms with Crippen molar-refractivity contribution in [3.05, 3.63) is 33.1 Å². The molecule has 2 rings (SSSR count). The topological polar surface area (TPSA) is 171 Å². The van der Waals surface area contributed by atoms with Crippen molar-refractivity contribution < 1.29 is 37.9 Å². The van der Waals surface area contributed by atoms with Crippen LogP contribution in [0.3, 0.4) is 0 Å². The van der Waals surface area contributed by atoms with Gasteiger partial charge in [0.15, 0.2) is 6.23 Å². The first-order valence-corrected chi connectivity index (χ1v) is 7.34. The van der Waals surface area contributed by atoms with Crippen molar-refractivity contribution in [2.45, 2.75) is 31.0 Å². The summed E-state index contributed by atoms with van der Waals surface area (Å²) in [4.78, 5) is 42.4. The van der Waals surface area contributed by atoms with Gasteiger partial charge in [0.1, 0.15) is 17.8 Å². The molecule has 1 aliphatic heterocycles. The molecule has 11 nitrogen and oxygen atoms in total. The number of phosphoric acid groups is 1. The number of phosphoric ester groups is 1. The zero-order valence-corrected chi connectivity index (χ0v) is 11.9. The van der Waals surface area contributed by atoms with Gasteiger partial charge in [0, 0.05) is 12.2 Å². The number of rotatable bonds is 4. The van der Waals surface area contributed by atoms with E-state index < -0.39 is 55.7 Å². The molecule has 1 saturated heterocycles. The minimum absolute atomic E-state index is 0.542. The molecule has 0 amide bonds. The van der Waals surface area contributed by atoms with Crippen molar-refractivity contribution in [3.8, 4) is 0 Å². The van der Waals surface area contributed by atoms with Crippen LogP contribution in [0.5, 0.6) is 0 Å². The Kier molecular flexibility index (Phi) is 3.41. The van der Waals surface area contributed by atoms with Gasteiger partial charge in [0.25, 0.3) is 5.56 Å². The molecule has 0 saturated carbocycles. The Hall–Kier alpha value is -1.33. The highest BCUT2D eigenvalue weighted by Crippen LogP contribution is 2.41. The standard InChI is InChI=1S/C10H15N2O9P/c1-10(16)7(14)5(4-20-22(17,18)19)21-8(10)12-3-2-6(13)11-9(12)15/h2-3,5,7-8,14,16H,4H2,1H3,(H,11,13,15)(H2,17,18,19)/t5?,7-,8?,10-/m1/s1/i2D,4D2. The third kappa shape index (κ3) is 3.36. The van der Waals surface area contributed by atoms with Crippen LogP contribution < -0.4 is 11.2 Å². The highest BCUT2D eigenvalue weighted by Gasteiger charge is 2.53. The fourth-order valence-electron chi connectivity index (χ4n) is 1.92. The van der Waals surface area contributed by atoms with Gasteiger partial charge in [-0.1, -0.05) is 0 Å². The van der Waals surface area contributed by atoms with E-state index in [0.29, 0.717) is 10.8 Å². The van der Waals surface area contributed by atoms with Gasteiger partial charge in [-0.3, -0.25) is 18.9 Å². The van der Waals surface area contributed by atoms with Crippen molar-refractivity contribution in [1.82, 2.24) is 9.55 Å². The summed E-state index contributed by atoms with van der Waals surface area (Å²) < 4.78 is 42.9. The predicted octanol–water partition coefficient (Wildman–Crippen LogP) is -2.34. The number of aromatic amines is 1. The predicted molar refractivity (Wildman–Crippen MR) is 69.9 cm³/mol. The lowest BCUT2D eigenvalue weighted by Crippen LogP contribution is -2.46. The molecule has 0 aliphatic carbocycles. The fraction of sp³-hybridized carbons (Fsp3) is 0.600. The van der Waals surface area contributed by atoms with E-state index in [0.717, 1.165) is 6.92 Å². The second-order valence-electron chi connectivity index (χ2n) is 4.72. The zero-order chi connectivity index (χ0) is 19.4. The first-order chi connectivity index (χ1) is 11.2. The van der Waals surface area contributed by atoms with Gasteiger partial charge in [-0.2, -0.15) is 0 Å². The van der Waals surface area contributed by atoms with Crippen LogP contribution in [0.25, 0.3) is 0 Å². The van der Waals surface area contributed by atoms with Gasteiger partial charge in [0.2, 0.25) is 0 Å². The Balaban J connectivity index is 2.47. The molecule has 124 valence electrons. The Morgan fingerprint density at radius 3 is 2.86 bits per heavy atom. The van der Waals surface area contributed by atoms with Crippen LogP contribution in [0.2, 0.25) is 0 Å². The molecule has 22 heavy (non-hydrogen) atoms. The molecule has 0 spiro atoms. The third-order valence-corrected chi connectivity index (χ3v) is 3.33. The van der Waals surface area contributed by atoms with Crippen molar-refractivity contribution in [2.24, 2.45) is 0 Å². The molecule has 12 heteroatoms. The van der Waals surface area contributed by atoms with E-state index in [1.165, 1.54) is 0 Å². The largest absolute Gasteiger partial charge is 0.469 e. The van der Waals surface area contributed by atoms with E-state index in [2.05, 4.69) is 4.52 Å². The molecule has 4 atom stereocenters. The van der Waals surface area contributed by atoms with Crippen molar-refractivity contribution in [1.29, 1.82) is 0 Å². The first kappa shape index (κ1) is 13.1. The molecule has 2 unspecified atom stereocenters. The molecular weight excluding hydrogens is 323 g/mol. The highest BCUT2D eigenvalue weighted by atomic mass is 31.2. The maximum atomic E-state index is 11.9. The lowest BCUT2D eigenvalue weighted by atomic mass is 9.96. The molecular formula is C10H15N2O9P. The van der Waals surface area contributed by atoms with Gasteiger partial charge in [-0.15, -0.1) is 0 Å². The molecule has 2 heterocycles. The molecule has 0 radical (unpaired) electrons. The van der Waals surface area contributed by atoms with E-state index in [1.54, 1.807) is 4.98 Å². The quantitative estimate of drug-likeness (QED) is 0.376. The van der Waals surface area contributed by atoms with Crippen molar-refractivity contribution in [2.75, 3.05) is 6.56 Å². The van der Waals surface area contributed by atoms with Crippen LogP contribution in [0.4, 0.5) is 0 Å². The summed E-state index contributed by atoms with van der Waals surface area (Å²) in [5, 5.41) is 20.5.